The Morgan fingerprint density at radius 3 is 2.64 bits per heavy atom. The molecule has 2 rings (SSSR count). The van der Waals surface area contributed by atoms with E-state index in [4.69, 9.17) is 0 Å². The molecule has 0 radical (unpaired) electrons. The van der Waals surface area contributed by atoms with Crippen LogP contribution in [0.4, 0.5) is 14.5 Å². The van der Waals surface area contributed by atoms with E-state index in [1.54, 1.807) is 38.1 Å². The van der Waals surface area contributed by atoms with Crippen molar-refractivity contribution in [3.63, 3.8) is 0 Å². The summed E-state index contributed by atoms with van der Waals surface area (Å²) in [4.78, 5) is 11.9. The van der Waals surface area contributed by atoms with Crippen LogP contribution < -0.4 is 10.6 Å². The molecule has 0 saturated carbocycles. The number of carbonyl (C=O) groups is 1. The minimum atomic E-state index is -0.409. The van der Waals surface area contributed by atoms with E-state index >= 15 is 0 Å². The molecule has 0 aliphatic rings. The average Bonchev–Trinajstić information content (AvgIpc) is 2.49. The van der Waals surface area contributed by atoms with Crippen molar-refractivity contribution in [2.75, 3.05) is 11.9 Å². The number of rotatable bonds is 5. The van der Waals surface area contributed by atoms with Gasteiger partial charge in [0.1, 0.15) is 11.6 Å². The highest BCUT2D eigenvalue weighted by molar-refractivity contribution is 5.92. The molecular formula is C17H18F2N2O. The minimum absolute atomic E-state index is 0.00541. The SMILES string of the molecule is Cc1ccc(F)cc1NC(=O)CNC(C)c1ccccc1F. The van der Waals surface area contributed by atoms with Crippen LogP contribution in [0, 0.1) is 18.6 Å². The second kappa shape index (κ2) is 7.13. The van der Waals surface area contributed by atoms with Gasteiger partial charge in [0.25, 0.3) is 0 Å². The summed E-state index contributed by atoms with van der Waals surface area (Å²) in [5.74, 6) is -1.03. The molecule has 0 aliphatic carbocycles. The Labute approximate surface area is 128 Å². The topological polar surface area (TPSA) is 41.1 Å². The van der Waals surface area contributed by atoms with Gasteiger partial charge in [-0.2, -0.15) is 0 Å². The van der Waals surface area contributed by atoms with Crippen molar-refractivity contribution in [1.82, 2.24) is 5.32 Å². The number of hydrogen-bond acceptors (Lipinski definition) is 2. The minimum Gasteiger partial charge on any atom is -0.325 e. The van der Waals surface area contributed by atoms with Gasteiger partial charge in [0.2, 0.25) is 5.91 Å². The van der Waals surface area contributed by atoms with E-state index in [0.717, 1.165) is 5.56 Å². The van der Waals surface area contributed by atoms with Crippen LogP contribution in [-0.2, 0) is 4.79 Å². The molecule has 5 heteroatoms. The summed E-state index contributed by atoms with van der Waals surface area (Å²) in [6, 6.07) is 10.3. The molecule has 1 atom stereocenters. The van der Waals surface area contributed by atoms with Gasteiger partial charge in [0.05, 0.1) is 6.54 Å². The number of amides is 1. The fourth-order valence-corrected chi connectivity index (χ4v) is 2.11. The fourth-order valence-electron chi connectivity index (χ4n) is 2.11. The average molecular weight is 304 g/mol. The first-order valence-corrected chi connectivity index (χ1v) is 7.01. The van der Waals surface area contributed by atoms with Crippen molar-refractivity contribution in [1.29, 1.82) is 0 Å². The fraction of sp³-hybridized carbons (Fsp3) is 0.235. The van der Waals surface area contributed by atoms with Gasteiger partial charge in [0, 0.05) is 17.3 Å². The molecule has 1 unspecified atom stereocenters. The second-order valence-corrected chi connectivity index (χ2v) is 5.13. The van der Waals surface area contributed by atoms with Crippen molar-refractivity contribution in [2.45, 2.75) is 19.9 Å². The summed E-state index contributed by atoms with van der Waals surface area (Å²) < 4.78 is 26.8. The number of halogens is 2. The maximum atomic E-state index is 13.6. The summed E-state index contributed by atoms with van der Waals surface area (Å²) >= 11 is 0. The molecule has 116 valence electrons. The molecule has 0 saturated heterocycles. The molecule has 2 aromatic carbocycles. The van der Waals surface area contributed by atoms with Crippen LogP contribution in [0.25, 0.3) is 0 Å². The highest BCUT2D eigenvalue weighted by Crippen LogP contribution is 2.17. The van der Waals surface area contributed by atoms with Gasteiger partial charge in [-0.3, -0.25) is 4.79 Å². The van der Waals surface area contributed by atoms with Gasteiger partial charge in [-0.1, -0.05) is 24.3 Å². The van der Waals surface area contributed by atoms with Crippen LogP contribution in [0.15, 0.2) is 42.5 Å². The lowest BCUT2D eigenvalue weighted by Gasteiger charge is -2.15. The van der Waals surface area contributed by atoms with E-state index in [-0.39, 0.29) is 24.3 Å². The van der Waals surface area contributed by atoms with E-state index < -0.39 is 5.82 Å². The molecule has 0 fully saturated rings. The zero-order valence-corrected chi connectivity index (χ0v) is 12.5. The first-order chi connectivity index (χ1) is 10.5. The molecule has 2 aromatic rings. The summed E-state index contributed by atoms with van der Waals surface area (Å²) in [5.41, 5.74) is 1.71. The Bertz CT molecular complexity index is 673. The number of benzene rings is 2. The van der Waals surface area contributed by atoms with E-state index in [1.807, 2.05) is 0 Å². The van der Waals surface area contributed by atoms with Crippen molar-refractivity contribution in [2.24, 2.45) is 0 Å². The van der Waals surface area contributed by atoms with Gasteiger partial charge in [-0.25, -0.2) is 8.78 Å². The molecule has 1 amide bonds. The largest absolute Gasteiger partial charge is 0.325 e. The number of hydrogen-bond donors (Lipinski definition) is 2. The number of carbonyl (C=O) groups excluding carboxylic acids is 1. The second-order valence-electron chi connectivity index (χ2n) is 5.13. The molecule has 22 heavy (non-hydrogen) atoms. The van der Waals surface area contributed by atoms with Crippen LogP contribution in [0.2, 0.25) is 0 Å². The van der Waals surface area contributed by atoms with Gasteiger partial charge in [0.15, 0.2) is 0 Å². The molecular weight excluding hydrogens is 286 g/mol. The predicted octanol–water partition coefficient (Wildman–Crippen LogP) is 3.56. The number of anilines is 1. The lowest BCUT2D eigenvalue weighted by atomic mass is 10.1. The van der Waals surface area contributed by atoms with Crippen molar-refractivity contribution >= 4 is 11.6 Å². The van der Waals surface area contributed by atoms with Gasteiger partial charge in [-0.15, -0.1) is 0 Å². The number of nitrogens with one attached hydrogen (secondary N) is 2. The lowest BCUT2D eigenvalue weighted by Crippen LogP contribution is -2.30. The molecule has 2 N–H and O–H groups in total. The Kier molecular flexibility index (Phi) is 5.22. The van der Waals surface area contributed by atoms with Gasteiger partial charge >= 0.3 is 0 Å². The molecule has 0 spiro atoms. The zero-order valence-electron chi connectivity index (χ0n) is 12.5. The van der Waals surface area contributed by atoms with Gasteiger partial charge in [-0.05, 0) is 37.6 Å². The van der Waals surface area contributed by atoms with Crippen LogP contribution in [0.1, 0.15) is 24.1 Å². The van der Waals surface area contributed by atoms with E-state index in [1.165, 1.54) is 18.2 Å². The van der Waals surface area contributed by atoms with Crippen LogP contribution >= 0.6 is 0 Å². The summed E-state index contributed by atoms with van der Waals surface area (Å²) in [6.45, 7) is 3.56. The van der Waals surface area contributed by atoms with E-state index in [9.17, 15) is 13.6 Å². The maximum absolute atomic E-state index is 13.6. The summed E-state index contributed by atoms with van der Waals surface area (Å²) in [7, 11) is 0. The normalized spacial score (nSPS) is 12.0. The monoisotopic (exact) mass is 304 g/mol. The summed E-state index contributed by atoms with van der Waals surface area (Å²) in [6.07, 6.45) is 0. The molecule has 3 nitrogen and oxygen atoms in total. The molecule has 0 heterocycles. The van der Waals surface area contributed by atoms with Crippen molar-refractivity contribution in [3.05, 3.63) is 65.2 Å². The Morgan fingerprint density at radius 2 is 1.91 bits per heavy atom. The Morgan fingerprint density at radius 1 is 1.18 bits per heavy atom. The molecule has 0 aromatic heterocycles. The quantitative estimate of drug-likeness (QED) is 0.887. The smallest absolute Gasteiger partial charge is 0.238 e. The Balaban J connectivity index is 1.93. The number of aryl methyl sites for hydroxylation is 1. The first-order valence-electron chi connectivity index (χ1n) is 7.01. The standard InChI is InChI=1S/C17H18F2N2O/c1-11-7-8-13(18)9-16(11)21-17(22)10-20-12(2)14-5-3-4-6-15(14)19/h3-9,12,20H,10H2,1-2H3,(H,21,22). The van der Waals surface area contributed by atoms with E-state index in [0.29, 0.717) is 11.3 Å². The van der Waals surface area contributed by atoms with E-state index in [2.05, 4.69) is 10.6 Å². The first kappa shape index (κ1) is 16.1. The van der Waals surface area contributed by atoms with Crippen LogP contribution in [0.3, 0.4) is 0 Å². The third-order valence-electron chi connectivity index (χ3n) is 3.41. The third-order valence-corrected chi connectivity index (χ3v) is 3.41. The highest BCUT2D eigenvalue weighted by Gasteiger charge is 2.12. The zero-order chi connectivity index (χ0) is 16.1. The maximum Gasteiger partial charge on any atom is 0.238 e. The molecule has 0 aliphatic heterocycles. The Hall–Kier alpha value is -2.27. The predicted molar refractivity (Wildman–Crippen MR) is 82.6 cm³/mol. The van der Waals surface area contributed by atoms with Crippen molar-refractivity contribution in [3.8, 4) is 0 Å². The lowest BCUT2D eigenvalue weighted by molar-refractivity contribution is -0.115. The van der Waals surface area contributed by atoms with Crippen LogP contribution in [-0.4, -0.2) is 12.5 Å². The molecule has 0 bridgehead atoms. The van der Waals surface area contributed by atoms with Gasteiger partial charge < -0.3 is 10.6 Å². The van der Waals surface area contributed by atoms with Crippen molar-refractivity contribution < 1.29 is 13.6 Å². The summed E-state index contributed by atoms with van der Waals surface area (Å²) in [5, 5.41) is 5.59. The highest BCUT2D eigenvalue weighted by atomic mass is 19.1. The third kappa shape index (κ3) is 4.11. The van der Waals surface area contributed by atoms with Crippen LogP contribution in [0.5, 0.6) is 0 Å².